The summed E-state index contributed by atoms with van der Waals surface area (Å²) in [6.07, 6.45) is 3.26. The number of halogens is 1. The third kappa shape index (κ3) is 6.16. The Balaban J connectivity index is 2.11. The van der Waals surface area contributed by atoms with Crippen LogP contribution >= 0.6 is 15.9 Å². The van der Waals surface area contributed by atoms with Crippen molar-refractivity contribution in [3.63, 3.8) is 0 Å². The van der Waals surface area contributed by atoms with E-state index in [4.69, 9.17) is 4.74 Å². The van der Waals surface area contributed by atoms with Crippen molar-refractivity contribution in [3.05, 3.63) is 22.4 Å². The molecule has 144 valence electrons. The zero-order valence-corrected chi connectivity index (χ0v) is 19.6. The number of hydrogen-bond acceptors (Lipinski definition) is 5. The summed E-state index contributed by atoms with van der Waals surface area (Å²) in [5.41, 5.74) is 2.28. The SMILES string of the molecule is CC(C)(C)[S+]([O-])N=Cc1nc2cnn(COCC[Si](C)(C)C)c2cc1Br. The van der Waals surface area contributed by atoms with Gasteiger partial charge in [-0.05, 0) is 48.8 Å². The van der Waals surface area contributed by atoms with Crippen molar-refractivity contribution in [1.82, 2.24) is 14.8 Å². The van der Waals surface area contributed by atoms with Gasteiger partial charge in [-0.3, -0.25) is 0 Å². The molecule has 0 saturated carbocycles. The van der Waals surface area contributed by atoms with Crippen LogP contribution in [-0.2, 0) is 22.8 Å². The summed E-state index contributed by atoms with van der Waals surface area (Å²) in [6.45, 7) is 13.8. The average Bonchev–Trinajstić information content (AvgIpc) is 2.89. The van der Waals surface area contributed by atoms with E-state index in [2.05, 4.69) is 50.1 Å². The van der Waals surface area contributed by atoms with E-state index >= 15 is 0 Å². The first-order valence-corrected chi connectivity index (χ1v) is 14.1. The Morgan fingerprint density at radius 1 is 1.38 bits per heavy atom. The van der Waals surface area contributed by atoms with E-state index in [1.807, 2.05) is 26.8 Å². The fourth-order valence-corrected chi connectivity index (χ4v) is 3.65. The maximum absolute atomic E-state index is 12.1. The molecule has 26 heavy (non-hydrogen) atoms. The molecule has 2 aromatic rings. The number of fused-ring (bicyclic) bond motifs is 1. The van der Waals surface area contributed by atoms with Gasteiger partial charge in [0.25, 0.3) is 0 Å². The Bertz CT molecular complexity index is 783. The second kappa shape index (κ2) is 8.51. The second-order valence-corrected chi connectivity index (χ2v) is 16.8. The molecular weight excluding hydrogens is 432 g/mol. The van der Waals surface area contributed by atoms with Crippen molar-refractivity contribution in [1.29, 1.82) is 0 Å². The minimum Gasteiger partial charge on any atom is -0.591 e. The summed E-state index contributed by atoms with van der Waals surface area (Å²) in [4.78, 5) is 4.55. The molecule has 0 fully saturated rings. The van der Waals surface area contributed by atoms with Crippen LogP contribution in [0.25, 0.3) is 11.0 Å². The van der Waals surface area contributed by atoms with E-state index in [1.165, 1.54) is 0 Å². The standard InChI is InChI=1S/C17H27BrN4O2SSi/c1-17(2,3)25(23)20-11-14-13(18)9-16-15(21-14)10-19-22(16)12-24-7-8-26(4,5)6/h9-11H,7-8,12H2,1-6H3. The molecule has 0 aromatic carbocycles. The lowest BCUT2D eigenvalue weighted by atomic mass is 10.3. The molecule has 2 rings (SSSR count). The quantitative estimate of drug-likeness (QED) is 0.266. The predicted molar refractivity (Wildman–Crippen MR) is 115 cm³/mol. The predicted octanol–water partition coefficient (Wildman–Crippen LogP) is 4.39. The fraction of sp³-hybridized carbons (Fsp3) is 0.588. The van der Waals surface area contributed by atoms with Gasteiger partial charge in [-0.1, -0.05) is 24.0 Å². The zero-order chi connectivity index (χ0) is 19.5. The van der Waals surface area contributed by atoms with Gasteiger partial charge in [-0.2, -0.15) is 5.10 Å². The molecule has 1 unspecified atom stereocenters. The van der Waals surface area contributed by atoms with Crippen LogP contribution in [-0.4, -0.2) is 45.0 Å². The Kier molecular flexibility index (Phi) is 7.06. The number of aromatic nitrogens is 3. The monoisotopic (exact) mass is 458 g/mol. The van der Waals surface area contributed by atoms with Gasteiger partial charge >= 0.3 is 0 Å². The summed E-state index contributed by atoms with van der Waals surface area (Å²) in [5, 5.41) is 4.36. The summed E-state index contributed by atoms with van der Waals surface area (Å²) >= 11 is 2.20. The fourth-order valence-electron chi connectivity index (χ4n) is 1.98. The van der Waals surface area contributed by atoms with Gasteiger partial charge in [0.05, 0.1) is 11.7 Å². The Morgan fingerprint density at radius 3 is 2.69 bits per heavy atom. The minimum absolute atomic E-state index is 0.398. The molecule has 0 radical (unpaired) electrons. The van der Waals surface area contributed by atoms with Crippen LogP contribution in [0.3, 0.4) is 0 Å². The highest BCUT2D eigenvalue weighted by atomic mass is 79.9. The molecule has 0 N–H and O–H groups in total. The van der Waals surface area contributed by atoms with Gasteiger partial charge in [-0.15, -0.1) is 0 Å². The van der Waals surface area contributed by atoms with E-state index in [-0.39, 0.29) is 0 Å². The molecular formula is C17H27BrN4O2SSi. The Labute approximate surface area is 167 Å². The Morgan fingerprint density at radius 2 is 2.08 bits per heavy atom. The first-order chi connectivity index (χ1) is 12.0. The van der Waals surface area contributed by atoms with Crippen molar-refractivity contribution < 1.29 is 9.29 Å². The lowest BCUT2D eigenvalue weighted by Crippen LogP contribution is -2.25. The smallest absolute Gasteiger partial charge is 0.144 e. The summed E-state index contributed by atoms with van der Waals surface area (Å²) in [5.74, 6) is 0. The molecule has 9 heteroatoms. The van der Waals surface area contributed by atoms with E-state index in [0.717, 1.165) is 28.2 Å². The molecule has 0 aliphatic heterocycles. The van der Waals surface area contributed by atoms with E-state index in [9.17, 15) is 4.55 Å². The molecule has 6 nitrogen and oxygen atoms in total. The van der Waals surface area contributed by atoms with Gasteiger partial charge in [0, 0.05) is 19.2 Å². The van der Waals surface area contributed by atoms with E-state index in [0.29, 0.717) is 12.4 Å². The third-order valence-corrected chi connectivity index (χ3v) is 7.30. The molecule has 1 atom stereocenters. The lowest BCUT2D eigenvalue weighted by molar-refractivity contribution is 0.0817. The minimum atomic E-state index is -1.32. The van der Waals surface area contributed by atoms with Crippen LogP contribution in [0.15, 0.2) is 21.1 Å². The lowest BCUT2D eigenvalue weighted by Gasteiger charge is -2.17. The first-order valence-electron chi connectivity index (χ1n) is 8.53. The van der Waals surface area contributed by atoms with Gasteiger partial charge < -0.3 is 9.29 Å². The van der Waals surface area contributed by atoms with Crippen LogP contribution in [0.4, 0.5) is 0 Å². The maximum Gasteiger partial charge on any atom is 0.144 e. The van der Waals surface area contributed by atoms with Crippen LogP contribution in [0.5, 0.6) is 0 Å². The summed E-state index contributed by atoms with van der Waals surface area (Å²) in [6, 6.07) is 3.07. The summed E-state index contributed by atoms with van der Waals surface area (Å²) in [7, 11) is -1.10. The van der Waals surface area contributed by atoms with Crippen molar-refractivity contribution in [3.8, 4) is 0 Å². The number of pyridine rings is 1. The van der Waals surface area contributed by atoms with Crippen molar-refractivity contribution in [2.75, 3.05) is 6.61 Å². The van der Waals surface area contributed by atoms with Crippen molar-refractivity contribution in [2.45, 2.75) is 57.9 Å². The normalized spacial score (nSPS) is 14.5. The van der Waals surface area contributed by atoms with E-state index in [1.54, 1.807) is 17.1 Å². The third-order valence-electron chi connectivity index (χ3n) is 3.61. The first kappa shape index (κ1) is 21.6. The van der Waals surface area contributed by atoms with Gasteiger partial charge in [-0.25, -0.2) is 9.67 Å². The number of ether oxygens (including phenoxy) is 1. The largest absolute Gasteiger partial charge is 0.591 e. The van der Waals surface area contributed by atoms with Gasteiger partial charge in [0.15, 0.2) is 0 Å². The average molecular weight is 459 g/mol. The van der Waals surface area contributed by atoms with Crippen molar-refractivity contribution in [2.24, 2.45) is 4.40 Å². The highest BCUT2D eigenvalue weighted by Gasteiger charge is 2.26. The van der Waals surface area contributed by atoms with E-state index < -0.39 is 24.2 Å². The molecule has 0 amide bonds. The van der Waals surface area contributed by atoms with Crippen molar-refractivity contribution >= 4 is 52.6 Å². The van der Waals surface area contributed by atoms with Gasteiger partial charge in [0.1, 0.15) is 40.3 Å². The summed E-state index contributed by atoms with van der Waals surface area (Å²) < 4.78 is 24.2. The van der Waals surface area contributed by atoms with Crippen LogP contribution in [0.1, 0.15) is 26.5 Å². The maximum atomic E-state index is 12.1. The second-order valence-electron chi connectivity index (χ2n) is 8.35. The number of rotatable bonds is 7. The number of hydrogen-bond donors (Lipinski definition) is 0. The molecule has 0 saturated heterocycles. The van der Waals surface area contributed by atoms with Crippen LogP contribution in [0.2, 0.25) is 25.7 Å². The molecule has 2 heterocycles. The molecule has 0 aliphatic carbocycles. The molecule has 0 aliphatic rings. The van der Waals surface area contributed by atoms with Gasteiger partial charge in [0.2, 0.25) is 0 Å². The molecule has 0 bridgehead atoms. The topological polar surface area (TPSA) is 75.4 Å². The van der Waals surface area contributed by atoms with Crippen LogP contribution < -0.4 is 0 Å². The Hall–Kier alpha value is -0.743. The number of nitrogens with zero attached hydrogens (tertiary/aromatic N) is 4. The highest BCUT2D eigenvalue weighted by molar-refractivity contribution is 9.10. The molecule has 2 aromatic heterocycles. The van der Waals surface area contributed by atoms with Crippen LogP contribution in [0, 0.1) is 0 Å². The molecule has 0 spiro atoms. The zero-order valence-electron chi connectivity index (χ0n) is 16.2. The highest BCUT2D eigenvalue weighted by Crippen LogP contribution is 2.22.